The molecule has 0 aliphatic carbocycles. The smallest absolute Gasteiger partial charge is 0.226 e. The number of piperidine rings is 1. The van der Waals surface area contributed by atoms with E-state index in [-0.39, 0.29) is 17.6 Å². The van der Waals surface area contributed by atoms with Crippen LogP contribution in [0.5, 0.6) is 0 Å². The first-order valence-electron chi connectivity index (χ1n) is 11.1. The van der Waals surface area contributed by atoms with Gasteiger partial charge in [-0.05, 0) is 68.0 Å². The highest BCUT2D eigenvalue weighted by Crippen LogP contribution is 2.31. The van der Waals surface area contributed by atoms with Crippen molar-refractivity contribution < 1.29 is 9.18 Å². The summed E-state index contributed by atoms with van der Waals surface area (Å²) in [4.78, 5) is 17.8. The Hall–Kier alpha value is -2.46. The van der Waals surface area contributed by atoms with Crippen molar-refractivity contribution in [2.45, 2.75) is 32.2 Å². The van der Waals surface area contributed by atoms with Crippen LogP contribution in [0, 0.1) is 17.7 Å². The number of halogens is 1. The second-order valence-electron chi connectivity index (χ2n) is 8.57. The summed E-state index contributed by atoms with van der Waals surface area (Å²) < 4.78 is 13.2. The number of carbonyl (C=O) groups excluding carboxylic acids is 1. The molecule has 4 heteroatoms. The Morgan fingerprint density at radius 3 is 2.37 bits per heavy atom. The monoisotopic (exact) mass is 406 g/mol. The van der Waals surface area contributed by atoms with Gasteiger partial charge in [0.1, 0.15) is 5.82 Å². The van der Waals surface area contributed by atoms with Gasteiger partial charge in [0.05, 0.1) is 0 Å². The Morgan fingerprint density at radius 2 is 1.63 bits per heavy atom. The molecule has 0 aromatic heterocycles. The van der Waals surface area contributed by atoms with Gasteiger partial charge in [-0.3, -0.25) is 4.79 Å². The Kier molecular flexibility index (Phi) is 6.96. The Balaban J connectivity index is 1.31. The summed E-state index contributed by atoms with van der Waals surface area (Å²) in [5.74, 6) is 0.536. The standard InChI is InChI=1S/C26H31FN2O/c27-24-11-9-22(10-12-24)20-29-16-5-4-8-25(26(29)30)23-14-18-28(19-15-23)17-13-21-6-2-1-3-7-21/h1-7,9-12,23,25H,8,13-20H2/t25-/m1/s1. The minimum atomic E-state index is -0.238. The largest absolute Gasteiger partial charge is 0.334 e. The quantitative estimate of drug-likeness (QED) is 0.650. The van der Waals surface area contributed by atoms with Gasteiger partial charge in [-0.15, -0.1) is 0 Å². The Labute approximate surface area is 179 Å². The lowest BCUT2D eigenvalue weighted by molar-refractivity contribution is -0.137. The Bertz CT molecular complexity index is 841. The molecule has 2 aromatic rings. The number of nitrogens with zero attached hydrogens (tertiary/aromatic N) is 2. The van der Waals surface area contributed by atoms with Crippen molar-refractivity contribution in [2.24, 2.45) is 11.8 Å². The number of likely N-dealkylation sites (tertiary alicyclic amines) is 1. The molecule has 2 aliphatic heterocycles. The van der Waals surface area contributed by atoms with Crippen molar-refractivity contribution in [3.8, 4) is 0 Å². The molecule has 0 spiro atoms. The van der Waals surface area contributed by atoms with Crippen molar-refractivity contribution in [2.75, 3.05) is 26.2 Å². The number of hydrogen-bond acceptors (Lipinski definition) is 2. The second kappa shape index (κ2) is 10.0. The van der Waals surface area contributed by atoms with E-state index >= 15 is 0 Å². The number of hydrogen-bond donors (Lipinski definition) is 0. The molecule has 2 aliphatic rings. The van der Waals surface area contributed by atoms with Crippen molar-refractivity contribution in [3.63, 3.8) is 0 Å². The molecule has 2 aromatic carbocycles. The highest BCUT2D eigenvalue weighted by molar-refractivity contribution is 5.80. The van der Waals surface area contributed by atoms with Gasteiger partial charge < -0.3 is 9.80 Å². The molecule has 4 rings (SSSR count). The van der Waals surface area contributed by atoms with Gasteiger partial charge in [0.25, 0.3) is 0 Å². The molecule has 1 amide bonds. The zero-order chi connectivity index (χ0) is 20.8. The van der Waals surface area contributed by atoms with Gasteiger partial charge in [0.15, 0.2) is 0 Å². The Morgan fingerprint density at radius 1 is 0.900 bits per heavy atom. The number of allylic oxidation sites excluding steroid dienone is 1. The van der Waals surface area contributed by atoms with Gasteiger partial charge in [0.2, 0.25) is 5.91 Å². The minimum Gasteiger partial charge on any atom is -0.334 e. The lowest BCUT2D eigenvalue weighted by Crippen LogP contribution is -2.42. The van der Waals surface area contributed by atoms with Crippen LogP contribution >= 0.6 is 0 Å². The first kappa shape index (κ1) is 20.8. The van der Waals surface area contributed by atoms with Crippen LogP contribution in [0.1, 0.15) is 30.4 Å². The highest BCUT2D eigenvalue weighted by atomic mass is 19.1. The molecular formula is C26H31FN2O. The summed E-state index contributed by atoms with van der Waals surface area (Å²) in [6.45, 7) is 4.43. The van der Waals surface area contributed by atoms with E-state index in [0.29, 0.717) is 19.0 Å². The second-order valence-corrected chi connectivity index (χ2v) is 8.57. The van der Waals surface area contributed by atoms with Gasteiger partial charge in [-0.1, -0.05) is 54.6 Å². The third kappa shape index (κ3) is 5.37. The fourth-order valence-electron chi connectivity index (χ4n) is 4.73. The molecule has 0 N–H and O–H groups in total. The predicted octanol–water partition coefficient (Wildman–Crippen LogP) is 4.69. The molecule has 0 bridgehead atoms. The molecule has 0 unspecified atom stereocenters. The maximum Gasteiger partial charge on any atom is 0.226 e. The SMILES string of the molecule is O=C1[C@@H](C2CCN(CCc3ccccc3)CC2)CC=CCN1Cc1ccc(F)cc1. The van der Waals surface area contributed by atoms with Crippen LogP contribution in [0.2, 0.25) is 0 Å². The molecule has 3 nitrogen and oxygen atoms in total. The average molecular weight is 407 g/mol. The fourth-order valence-corrected chi connectivity index (χ4v) is 4.73. The fraction of sp³-hybridized carbons (Fsp3) is 0.423. The predicted molar refractivity (Wildman–Crippen MR) is 118 cm³/mol. The molecule has 2 heterocycles. The summed E-state index contributed by atoms with van der Waals surface area (Å²) in [7, 11) is 0. The molecule has 0 radical (unpaired) electrons. The van der Waals surface area contributed by atoms with Crippen LogP contribution in [0.15, 0.2) is 66.7 Å². The first-order chi connectivity index (χ1) is 14.7. The molecular weight excluding hydrogens is 375 g/mol. The van der Waals surface area contributed by atoms with Crippen LogP contribution in [0.3, 0.4) is 0 Å². The first-order valence-corrected chi connectivity index (χ1v) is 11.1. The molecule has 1 saturated heterocycles. The van der Waals surface area contributed by atoms with Crippen molar-refractivity contribution in [1.29, 1.82) is 0 Å². The van der Waals surface area contributed by atoms with E-state index in [4.69, 9.17) is 0 Å². The zero-order valence-electron chi connectivity index (χ0n) is 17.6. The minimum absolute atomic E-state index is 0.0699. The molecule has 1 fully saturated rings. The average Bonchev–Trinajstić information content (AvgIpc) is 2.96. The van der Waals surface area contributed by atoms with E-state index in [1.165, 1.54) is 17.7 Å². The lowest BCUT2D eigenvalue weighted by atomic mass is 9.81. The van der Waals surface area contributed by atoms with E-state index in [0.717, 1.165) is 50.9 Å². The number of rotatable bonds is 6. The highest BCUT2D eigenvalue weighted by Gasteiger charge is 2.34. The normalized spacial score (nSPS) is 21.0. The summed E-state index contributed by atoms with van der Waals surface area (Å²) in [5.41, 5.74) is 2.37. The molecule has 0 saturated carbocycles. The summed E-state index contributed by atoms with van der Waals surface area (Å²) in [5, 5.41) is 0. The van der Waals surface area contributed by atoms with E-state index < -0.39 is 0 Å². The summed E-state index contributed by atoms with van der Waals surface area (Å²) in [6, 6.07) is 17.1. The van der Waals surface area contributed by atoms with Crippen LogP contribution in [-0.2, 0) is 17.8 Å². The lowest BCUT2D eigenvalue weighted by Gasteiger charge is -2.36. The summed E-state index contributed by atoms with van der Waals surface area (Å²) in [6.07, 6.45) is 8.38. The van der Waals surface area contributed by atoms with Gasteiger partial charge in [0, 0.05) is 25.6 Å². The zero-order valence-corrected chi connectivity index (χ0v) is 17.6. The van der Waals surface area contributed by atoms with Crippen LogP contribution < -0.4 is 0 Å². The molecule has 158 valence electrons. The van der Waals surface area contributed by atoms with Gasteiger partial charge in [-0.2, -0.15) is 0 Å². The number of amides is 1. The third-order valence-corrected chi connectivity index (χ3v) is 6.56. The third-order valence-electron chi connectivity index (χ3n) is 6.56. The summed E-state index contributed by atoms with van der Waals surface area (Å²) >= 11 is 0. The van der Waals surface area contributed by atoms with E-state index in [1.54, 1.807) is 12.1 Å². The van der Waals surface area contributed by atoms with E-state index in [2.05, 4.69) is 47.4 Å². The number of benzene rings is 2. The topological polar surface area (TPSA) is 23.6 Å². The van der Waals surface area contributed by atoms with Gasteiger partial charge in [-0.25, -0.2) is 4.39 Å². The molecule has 1 atom stereocenters. The molecule has 30 heavy (non-hydrogen) atoms. The van der Waals surface area contributed by atoms with E-state index in [1.807, 2.05) is 4.90 Å². The van der Waals surface area contributed by atoms with E-state index in [9.17, 15) is 9.18 Å². The van der Waals surface area contributed by atoms with Crippen molar-refractivity contribution in [1.82, 2.24) is 9.80 Å². The van der Waals surface area contributed by atoms with Crippen LogP contribution in [0.4, 0.5) is 4.39 Å². The van der Waals surface area contributed by atoms with Crippen molar-refractivity contribution in [3.05, 3.63) is 83.7 Å². The maximum absolute atomic E-state index is 13.3. The van der Waals surface area contributed by atoms with Crippen LogP contribution in [0.25, 0.3) is 0 Å². The van der Waals surface area contributed by atoms with Crippen LogP contribution in [-0.4, -0.2) is 41.9 Å². The number of carbonyl (C=O) groups is 1. The maximum atomic E-state index is 13.3. The van der Waals surface area contributed by atoms with Crippen molar-refractivity contribution >= 4 is 5.91 Å². The van der Waals surface area contributed by atoms with Gasteiger partial charge >= 0.3 is 0 Å².